The smallest absolute Gasteiger partial charge is 0.243 e. The average Bonchev–Trinajstić information content (AvgIpc) is 2.63. The second-order valence-corrected chi connectivity index (χ2v) is 8.54. The summed E-state index contributed by atoms with van der Waals surface area (Å²) < 4.78 is 39.2. The molecule has 9 heteroatoms. The third-order valence-electron chi connectivity index (χ3n) is 4.05. The van der Waals surface area contributed by atoms with Gasteiger partial charge < -0.3 is 16.0 Å². The fraction of sp³-hybridized carbons (Fsp3) is 0.316. The first kappa shape index (κ1) is 21.6. The highest BCUT2D eigenvalue weighted by Gasteiger charge is 2.19. The van der Waals surface area contributed by atoms with Crippen LogP contribution in [0.4, 0.5) is 21.5 Å². The fourth-order valence-corrected chi connectivity index (χ4v) is 3.41. The summed E-state index contributed by atoms with van der Waals surface area (Å²) in [7, 11) is -0.698. The highest BCUT2D eigenvalue weighted by Crippen LogP contribution is 2.26. The van der Waals surface area contributed by atoms with Crippen molar-refractivity contribution in [3.63, 3.8) is 0 Å². The van der Waals surface area contributed by atoms with Gasteiger partial charge in [0.05, 0.1) is 22.8 Å². The van der Waals surface area contributed by atoms with Crippen LogP contribution >= 0.6 is 0 Å². The Hall–Kier alpha value is -2.65. The minimum absolute atomic E-state index is 0.111. The number of nitrogens with zero attached hydrogens (tertiary/aromatic N) is 1. The molecule has 0 spiro atoms. The lowest BCUT2D eigenvalue weighted by Gasteiger charge is -2.17. The lowest BCUT2D eigenvalue weighted by atomic mass is 10.2. The van der Waals surface area contributed by atoms with Gasteiger partial charge in [-0.3, -0.25) is 4.79 Å². The van der Waals surface area contributed by atoms with Crippen molar-refractivity contribution in [2.24, 2.45) is 0 Å². The molecule has 3 N–H and O–H groups in total. The third kappa shape index (κ3) is 5.20. The van der Waals surface area contributed by atoms with Gasteiger partial charge >= 0.3 is 0 Å². The molecule has 0 aromatic heterocycles. The molecule has 0 aliphatic carbocycles. The first-order chi connectivity index (χ1) is 13.1. The minimum atomic E-state index is -3.61. The predicted molar refractivity (Wildman–Crippen MR) is 110 cm³/mol. The van der Waals surface area contributed by atoms with Crippen LogP contribution in [0.15, 0.2) is 41.3 Å². The van der Waals surface area contributed by atoms with Crippen molar-refractivity contribution < 1.29 is 17.6 Å². The Morgan fingerprint density at radius 3 is 2.39 bits per heavy atom. The van der Waals surface area contributed by atoms with Gasteiger partial charge in [0.2, 0.25) is 15.9 Å². The second kappa shape index (κ2) is 9.03. The molecule has 0 saturated carbocycles. The summed E-state index contributed by atoms with van der Waals surface area (Å²) in [5.41, 5.74) is 2.29. The summed E-state index contributed by atoms with van der Waals surface area (Å²) in [5, 5.41) is 8.72. The zero-order chi connectivity index (χ0) is 20.9. The van der Waals surface area contributed by atoms with Gasteiger partial charge in [0.1, 0.15) is 5.82 Å². The topological polar surface area (TPSA) is 90.5 Å². The molecule has 152 valence electrons. The Bertz CT molecular complexity index is 962. The molecule has 0 fully saturated rings. The molecule has 1 amide bonds. The summed E-state index contributed by atoms with van der Waals surface area (Å²) in [6, 6.07) is 8.79. The molecule has 0 heterocycles. The number of carbonyl (C=O) groups excluding carboxylic acids is 1. The van der Waals surface area contributed by atoms with Gasteiger partial charge in [-0.1, -0.05) is 6.07 Å². The van der Waals surface area contributed by atoms with Crippen molar-refractivity contribution in [1.29, 1.82) is 0 Å². The van der Waals surface area contributed by atoms with E-state index in [0.29, 0.717) is 23.6 Å². The Balaban J connectivity index is 2.19. The molecule has 0 unspecified atom stereocenters. The number of nitrogens with one attached hydrogen (secondary N) is 3. The molecule has 2 rings (SSSR count). The molecule has 0 atom stereocenters. The molecule has 0 aliphatic heterocycles. The average molecular weight is 408 g/mol. The van der Waals surface area contributed by atoms with Gasteiger partial charge in [0.15, 0.2) is 0 Å². The standard InChI is InChI=1S/C19H25FN4O3S/c1-5-21-16-9-8-15(28(26,27)24(3)4)11-18(16)22-12-19(25)23-17-10-14(20)7-6-13(17)2/h6-11,21-22H,5,12H2,1-4H3,(H,23,25). The molecule has 0 bridgehead atoms. The van der Waals surface area contributed by atoms with Crippen LogP contribution < -0.4 is 16.0 Å². The SMILES string of the molecule is CCNc1ccc(S(=O)(=O)N(C)C)cc1NCC(=O)Nc1cc(F)ccc1C. The molecule has 28 heavy (non-hydrogen) atoms. The van der Waals surface area contributed by atoms with Gasteiger partial charge in [-0.05, 0) is 49.7 Å². The molecule has 2 aromatic carbocycles. The van der Waals surface area contributed by atoms with Crippen molar-refractivity contribution in [1.82, 2.24) is 4.31 Å². The number of carbonyl (C=O) groups is 1. The van der Waals surface area contributed by atoms with Gasteiger partial charge in [-0.15, -0.1) is 0 Å². The number of sulfonamides is 1. The molecular weight excluding hydrogens is 383 g/mol. The van der Waals surface area contributed by atoms with Gasteiger partial charge in [0.25, 0.3) is 0 Å². The molecule has 0 saturated heterocycles. The van der Waals surface area contributed by atoms with Crippen LogP contribution in [0.25, 0.3) is 0 Å². The van der Waals surface area contributed by atoms with Crippen molar-refractivity contribution in [3.05, 3.63) is 47.8 Å². The van der Waals surface area contributed by atoms with Gasteiger partial charge in [-0.2, -0.15) is 0 Å². The molecule has 0 radical (unpaired) electrons. The zero-order valence-electron chi connectivity index (χ0n) is 16.3. The largest absolute Gasteiger partial charge is 0.384 e. The lowest BCUT2D eigenvalue weighted by molar-refractivity contribution is -0.114. The van der Waals surface area contributed by atoms with Crippen LogP contribution in [0.5, 0.6) is 0 Å². The van der Waals surface area contributed by atoms with E-state index >= 15 is 0 Å². The van der Waals surface area contributed by atoms with E-state index in [1.54, 1.807) is 19.1 Å². The Morgan fingerprint density at radius 2 is 1.75 bits per heavy atom. The number of rotatable bonds is 8. The quantitative estimate of drug-likeness (QED) is 0.625. The number of halogens is 1. The number of hydrogen-bond donors (Lipinski definition) is 3. The van der Waals surface area contributed by atoms with Crippen LogP contribution in [-0.4, -0.2) is 45.8 Å². The maximum Gasteiger partial charge on any atom is 0.243 e. The van der Waals surface area contributed by atoms with Crippen molar-refractivity contribution in [3.8, 4) is 0 Å². The van der Waals surface area contributed by atoms with E-state index in [4.69, 9.17) is 0 Å². The molecule has 0 aliphatic rings. The van der Waals surface area contributed by atoms with E-state index in [1.807, 2.05) is 6.92 Å². The minimum Gasteiger partial charge on any atom is -0.384 e. The summed E-state index contributed by atoms with van der Waals surface area (Å²) >= 11 is 0. The van der Waals surface area contributed by atoms with Crippen LogP contribution in [0.2, 0.25) is 0 Å². The van der Waals surface area contributed by atoms with Crippen molar-refractivity contribution >= 4 is 33.0 Å². The van der Waals surface area contributed by atoms with E-state index in [2.05, 4.69) is 16.0 Å². The van der Waals surface area contributed by atoms with E-state index in [0.717, 1.165) is 9.87 Å². The summed E-state index contributed by atoms with van der Waals surface area (Å²) in [6.45, 7) is 4.19. The summed E-state index contributed by atoms with van der Waals surface area (Å²) in [5.74, 6) is -0.818. The third-order valence-corrected chi connectivity index (χ3v) is 5.86. The van der Waals surface area contributed by atoms with Crippen molar-refractivity contribution in [2.75, 3.05) is 43.1 Å². The first-order valence-electron chi connectivity index (χ1n) is 8.75. The van der Waals surface area contributed by atoms with E-state index in [9.17, 15) is 17.6 Å². The normalized spacial score (nSPS) is 11.4. The highest BCUT2D eigenvalue weighted by atomic mass is 32.2. The van der Waals surface area contributed by atoms with Crippen LogP contribution in [-0.2, 0) is 14.8 Å². The number of anilines is 3. The monoisotopic (exact) mass is 408 g/mol. The number of aryl methyl sites for hydroxylation is 1. The lowest BCUT2D eigenvalue weighted by Crippen LogP contribution is -2.24. The van der Waals surface area contributed by atoms with E-state index < -0.39 is 15.8 Å². The van der Waals surface area contributed by atoms with Crippen LogP contribution in [0.1, 0.15) is 12.5 Å². The van der Waals surface area contributed by atoms with E-state index in [-0.39, 0.29) is 17.3 Å². The fourth-order valence-electron chi connectivity index (χ4n) is 2.48. The number of amides is 1. The predicted octanol–water partition coefficient (Wildman–Crippen LogP) is 2.87. The highest BCUT2D eigenvalue weighted by molar-refractivity contribution is 7.89. The summed E-state index contributed by atoms with van der Waals surface area (Å²) in [6.07, 6.45) is 0. The number of benzene rings is 2. The zero-order valence-corrected chi connectivity index (χ0v) is 17.2. The Labute approximate surface area is 165 Å². The molecule has 2 aromatic rings. The van der Waals surface area contributed by atoms with Crippen LogP contribution in [0.3, 0.4) is 0 Å². The van der Waals surface area contributed by atoms with Crippen LogP contribution in [0, 0.1) is 12.7 Å². The second-order valence-electron chi connectivity index (χ2n) is 6.39. The van der Waals surface area contributed by atoms with Gasteiger partial charge in [0, 0.05) is 26.3 Å². The Morgan fingerprint density at radius 1 is 1.04 bits per heavy atom. The maximum absolute atomic E-state index is 13.4. The van der Waals surface area contributed by atoms with Gasteiger partial charge in [-0.25, -0.2) is 17.1 Å². The first-order valence-corrected chi connectivity index (χ1v) is 10.2. The summed E-state index contributed by atoms with van der Waals surface area (Å²) in [4.78, 5) is 12.4. The molecular formula is C19H25FN4O3S. The Kier molecular flexibility index (Phi) is 6.98. The van der Waals surface area contributed by atoms with Crippen molar-refractivity contribution in [2.45, 2.75) is 18.7 Å². The van der Waals surface area contributed by atoms with E-state index in [1.165, 1.54) is 38.4 Å². The number of hydrogen-bond acceptors (Lipinski definition) is 5. The molecule has 7 nitrogen and oxygen atoms in total. The maximum atomic E-state index is 13.4.